The molecule has 20 heavy (non-hydrogen) atoms. The lowest BCUT2D eigenvalue weighted by atomic mass is 10.1. The second kappa shape index (κ2) is 5.66. The fourth-order valence-electron chi connectivity index (χ4n) is 1.73. The van der Waals surface area contributed by atoms with Crippen molar-refractivity contribution in [2.75, 3.05) is 11.9 Å². The maximum atomic E-state index is 13.8. The van der Waals surface area contributed by atoms with Crippen LogP contribution in [0.4, 0.5) is 18.9 Å². The third-order valence-electron chi connectivity index (χ3n) is 2.69. The first-order valence-corrected chi connectivity index (χ1v) is 6.37. The van der Waals surface area contributed by atoms with E-state index in [0.717, 1.165) is 17.0 Å². The zero-order valence-corrected chi connectivity index (χ0v) is 11.9. The maximum absolute atomic E-state index is 13.8. The molecule has 2 nitrogen and oxygen atoms in total. The Labute approximate surface area is 122 Å². The van der Waals surface area contributed by atoms with E-state index in [-0.39, 0.29) is 11.3 Å². The second-order valence-corrected chi connectivity index (χ2v) is 5.03. The Morgan fingerprint density at radius 3 is 2.20 bits per heavy atom. The molecule has 0 spiro atoms. The van der Waals surface area contributed by atoms with E-state index in [2.05, 4.69) is 15.9 Å². The van der Waals surface area contributed by atoms with Crippen molar-refractivity contribution in [2.24, 2.45) is 0 Å². The molecule has 2 aromatic rings. The van der Waals surface area contributed by atoms with E-state index >= 15 is 0 Å². The van der Waals surface area contributed by atoms with Gasteiger partial charge in [-0.05, 0) is 30.3 Å². The number of halogens is 4. The Balaban J connectivity index is 2.37. The van der Waals surface area contributed by atoms with Crippen molar-refractivity contribution in [3.63, 3.8) is 0 Å². The molecule has 0 aliphatic carbocycles. The standard InChI is InChI=1S/C14H9BrF3NO/c1-19(13-3-2-9(15)6-12(13)18)14(20)8-4-10(16)7-11(17)5-8/h2-7H,1H3. The molecular formula is C14H9BrF3NO. The molecule has 0 fully saturated rings. The number of nitrogens with zero attached hydrogens (tertiary/aromatic N) is 1. The summed E-state index contributed by atoms with van der Waals surface area (Å²) in [5.74, 6) is -3.05. The van der Waals surface area contributed by atoms with Gasteiger partial charge in [-0.1, -0.05) is 15.9 Å². The number of benzene rings is 2. The molecule has 0 atom stereocenters. The first-order valence-electron chi connectivity index (χ1n) is 5.57. The molecule has 2 aromatic carbocycles. The Morgan fingerprint density at radius 2 is 1.65 bits per heavy atom. The van der Waals surface area contributed by atoms with Gasteiger partial charge in [0.15, 0.2) is 0 Å². The van der Waals surface area contributed by atoms with E-state index in [1.54, 1.807) is 6.07 Å². The van der Waals surface area contributed by atoms with Crippen LogP contribution in [0.3, 0.4) is 0 Å². The molecule has 104 valence electrons. The fourth-order valence-corrected chi connectivity index (χ4v) is 2.07. The summed E-state index contributed by atoms with van der Waals surface area (Å²) in [6.45, 7) is 0. The quantitative estimate of drug-likeness (QED) is 0.802. The van der Waals surface area contributed by atoms with Gasteiger partial charge in [-0.3, -0.25) is 4.79 Å². The van der Waals surface area contributed by atoms with Gasteiger partial charge in [-0.25, -0.2) is 13.2 Å². The molecule has 0 bridgehead atoms. The van der Waals surface area contributed by atoms with Gasteiger partial charge in [-0.15, -0.1) is 0 Å². The molecule has 0 N–H and O–H groups in total. The van der Waals surface area contributed by atoms with Gasteiger partial charge in [-0.2, -0.15) is 0 Å². The van der Waals surface area contributed by atoms with E-state index in [0.29, 0.717) is 10.5 Å². The topological polar surface area (TPSA) is 20.3 Å². The van der Waals surface area contributed by atoms with Gasteiger partial charge < -0.3 is 4.90 Å². The maximum Gasteiger partial charge on any atom is 0.258 e. The van der Waals surface area contributed by atoms with Crippen molar-refractivity contribution in [3.8, 4) is 0 Å². The number of amides is 1. The fraction of sp³-hybridized carbons (Fsp3) is 0.0714. The average molecular weight is 344 g/mol. The summed E-state index contributed by atoms with van der Waals surface area (Å²) in [6, 6.07) is 6.63. The third-order valence-corrected chi connectivity index (χ3v) is 3.18. The smallest absolute Gasteiger partial charge is 0.258 e. The van der Waals surface area contributed by atoms with Crippen LogP contribution in [0.2, 0.25) is 0 Å². The SMILES string of the molecule is CN(C(=O)c1cc(F)cc(F)c1)c1ccc(Br)cc1F. The first kappa shape index (κ1) is 14.6. The van der Waals surface area contributed by atoms with Crippen LogP contribution in [0.25, 0.3) is 0 Å². The van der Waals surface area contributed by atoms with Gasteiger partial charge >= 0.3 is 0 Å². The van der Waals surface area contributed by atoms with Crippen molar-refractivity contribution < 1.29 is 18.0 Å². The number of rotatable bonds is 2. The summed E-state index contributed by atoms with van der Waals surface area (Å²) >= 11 is 3.10. The van der Waals surface area contributed by atoms with E-state index in [1.165, 1.54) is 19.2 Å². The van der Waals surface area contributed by atoms with Crippen molar-refractivity contribution in [3.05, 3.63) is 63.9 Å². The largest absolute Gasteiger partial charge is 0.309 e. The van der Waals surface area contributed by atoms with E-state index in [4.69, 9.17) is 0 Å². The number of carbonyl (C=O) groups excluding carboxylic acids is 1. The molecule has 0 unspecified atom stereocenters. The summed E-state index contributed by atoms with van der Waals surface area (Å²) in [4.78, 5) is 13.1. The molecule has 0 aliphatic rings. The monoisotopic (exact) mass is 343 g/mol. The Hall–Kier alpha value is -1.82. The molecule has 6 heteroatoms. The highest BCUT2D eigenvalue weighted by Crippen LogP contribution is 2.24. The highest BCUT2D eigenvalue weighted by atomic mass is 79.9. The van der Waals surface area contributed by atoms with Crippen LogP contribution < -0.4 is 4.90 Å². The summed E-state index contributed by atoms with van der Waals surface area (Å²) in [5.41, 5.74) is -0.171. The van der Waals surface area contributed by atoms with Gasteiger partial charge in [0.2, 0.25) is 0 Å². The van der Waals surface area contributed by atoms with Crippen molar-refractivity contribution >= 4 is 27.5 Å². The predicted molar refractivity (Wildman–Crippen MR) is 73.2 cm³/mol. The molecule has 0 saturated carbocycles. The first-order chi connectivity index (χ1) is 9.38. The van der Waals surface area contributed by atoms with Crippen LogP contribution in [-0.4, -0.2) is 13.0 Å². The van der Waals surface area contributed by atoms with Crippen molar-refractivity contribution in [1.29, 1.82) is 0 Å². The molecule has 2 rings (SSSR count). The third kappa shape index (κ3) is 3.01. The molecule has 0 aromatic heterocycles. The molecule has 0 radical (unpaired) electrons. The average Bonchev–Trinajstić information content (AvgIpc) is 2.36. The number of hydrogen-bond acceptors (Lipinski definition) is 1. The molecule has 0 aliphatic heterocycles. The van der Waals surface area contributed by atoms with Crippen molar-refractivity contribution in [1.82, 2.24) is 0 Å². The minimum Gasteiger partial charge on any atom is -0.309 e. The summed E-state index contributed by atoms with van der Waals surface area (Å²) in [5, 5.41) is 0. The predicted octanol–water partition coefficient (Wildman–Crippen LogP) is 4.14. The Bertz CT molecular complexity index is 655. The molecule has 1 amide bonds. The number of anilines is 1. The summed E-state index contributed by atoms with van der Waals surface area (Å²) < 4.78 is 40.5. The molecule has 0 saturated heterocycles. The van der Waals surface area contributed by atoms with Gasteiger partial charge in [0, 0.05) is 23.2 Å². The summed E-state index contributed by atoms with van der Waals surface area (Å²) in [7, 11) is 1.33. The van der Waals surface area contributed by atoms with Crippen molar-refractivity contribution in [2.45, 2.75) is 0 Å². The lowest BCUT2D eigenvalue weighted by Crippen LogP contribution is -2.27. The van der Waals surface area contributed by atoms with Gasteiger partial charge in [0.1, 0.15) is 17.5 Å². The van der Waals surface area contributed by atoms with Gasteiger partial charge in [0.05, 0.1) is 5.69 Å². The highest BCUT2D eigenvalue weighted by Gasteiger charge is 2.18. The lowest BCUT2D eigenvalue weighted by Gasteiger charge is -2.18. The Morgan fingerprint density at radius 1 is 1.05 bits per heavy atom. The zero-order valence-electron chi connectivity index (χ0n) is 10.3. The summed E-state index contributed by atoms with van der Waals surface area (Å²) in [6.07, 6.45) is 0. The number of carbonyl (C=O) groups is 1. The number of hydrogen-bond donors (Lipinski definition) is 0. The normalized spacial score (nSPS) is 10.4. The minimum atomic E-state index is -0.863. The van der Waals surface area contributed by atoms with Gasteiger partial charge in [0.25, 0.3) is 5.91 Å². The van der Waals surface area contributed by atoms with Crippen LogP contribution in [0, 0.1) is 17.5 Å². The van der Waals surface area contributed by atoms with E-state index < -0.39 is 23.4 Å². The lowest BCUT2D eigenvalue weighted by molar-refractivity contribution is 0.0991. The van der Waals surface area contributed by atoms with Crippen LogP contribution in [0.1, 0.15) is 10.4 Å². The Kier molecular flexibility index (Phi) is 4.13. The highest BCUT2D eigenvalue weighted by molar-refractivity contribution is 9.10. The van der Waals surface area contributed by atoms with E-state index in [1.807, 2.05) is 0 Å². The van der Waals surface area contributed by atoms with E-state index in [9.17, 15) is 18.0 Å². The zero-order chi connectivity index (χ0) is 14.9. The minimum absolute atomic E-state index is 0.0165. The second-order valence-electron chi connectivity index (χ2n) is 4.12. The van der Waals surface area contributed by atoms with Crippen LogP contribution in [0.15, 0.2) is 40.9 Å². The van der Waals surface area contributed by atoms with Crippen LogP contribution >= 0.6 is 15.9 Å². The van der Waals surface area contributed by atoms with Crippen LogP contribution in [0.5, 0.6) is 0 Å². The molecular weight excluding hydrogens is 335 g/mol. The molecule has 0 heterocycles. The van der Waals surface area contributed by atoms with Crippen LogP contribution in [-0.2, 0) is 0 Å².